The average Bonchev–Trinajstić information content (AvgIpc) is 2.02. The molecule has 0 aliphatic heterocycles. The molecule has 0 radical (unpaired) electrons. The predicted octanol–water partition coefficient (Wildman–Crippen LogP) is 3.23. The maximum absolute atomic E-state index is 10.9. The van der Waals surface area contributed by atoms with Crippen LogP contribution in [-0.2, 0) is 9.68 Å². The lowest BCUT2D eigenvalue weighted by molar-refractivity contribution is -0.167. The van der Waals surface area contributed by atoms with E-state index >= 15 is 0 Å². The maximum atomic E-state index is 10.9. The third-order valence-electron chi connectivity index (χ3n) is 0.308. The molecule has 4 nitrogen and oxygen atoms in total. The van der Waals surface area contributed by atoms with Gasteiger partial charge in [0.2, 0.25) is 6.93 Å². The van der Waals surface area contributed by atoms with Crippen molar-refractivity contribution >= 4 is 6.22 Å². The molecule has 0 amide bonds. The van der Waals surface area contributed by atoms with Crippen LogP contribution in [0.5, 0.6) is 0 Å². The lowest BCUT2D eigenvalue weighted by atomic mass is 10.7. The molecule has 0 saturated heterocycles. The van der Waals surface area contributed by atoms with Crippen LogP contribution in [-0.4, -0.2) is 45.3 Å². The highest BCUT2D eigenvalue weighted by Crippen LogP contribution is 2.13. The van der Waals surface area contributed by atoms with Crippen LogP contribution in [0.1, 0.15) is 0 Å². The van der Waals surface area contributed by atoms with Gasteiger partial charge in [-0.3, -0.25) is 0 Å². The SMILES string of the molecule is COCC(F)(F)F.COF.FCF.O=C(O)F. The molecule has 0 unspecified atom stereocenters. The first kappa shape index (κ1) is 24.9. The number of carbonyl (C=O) groups is 1. The van der Waals surface area contributed by atoms with Crippen molar-refractivity contribution < 1.29 is 50.4 Å². The molecule has 0 aliphatic carbocycles. The molecule has 0 bridgehead atoms. The van der Waals surface area contributed by atoms with E-state index in [-0.39, 0.29) is 0 Å². The van der Waals surface area contributed by atoms with Gasteiger partial charge in [0.1, 0.15) is 6.61 Å². The lowest BCUT2D eigenvalue weighted by Gasteiger charge is -2.01. The number of alkyl halides is 5. The summed E-state index contributed by atoms with van der Waals surface area (Å²) in [7, 11) is 1.97. The zero-order valence-electron chi connectivity index (χ0n) is 8.73. The monoisotopic (exact) mass is 280 g/mol. The molecule has 0 atom stereocenters. The van der Waals surface area contributed by atoms with Gasteiger partial charge in [0.25, 0.3) is 0 Å². The van der Waals surface area contributed by atoms with E-state index in [0.29, 0.717) is 0 Å². The van der Waals surface area contributed by atoms with E-state index in [1.807, 2.05) is 0 Å². The molecule has 1 N–H and O–H groups in total. The maximum Gasteiger partial charge on any atom is 0.492 e. The van der Waals surface area contributed by atoms with Crippen molar-refractivity contribution in [2.24, 2.45) is 0 Å². The largest absolute Gasteiger partial charge is 0.492 e. The van der Waals surface area contributed by atoms with E-state index < -0.39 is 25.9 Å². The van der Waals surface area contributed by atoms with Crippen LogP contribution >= 0.6 is 0 Å². The van der Waals surface area contributed by atoms with E-state index in [1.165, 1.54) is 0 Å². The number of hydrogen-bond acceptors (Lipinski definition) is 3. The van der Waals surface area contributed by atoms with Crippen LogP contribution in [0.3, 0.4) is 0 Å². The first-order valence-electron chi connectivity index (χ1n) is 3.33. The van der Waals surface area contributed by atoms with Crippen LogP contribution in [0.25, 0.3) is 0 Å². The van der Waals surface area contributed by atoms with Gasteiger partial charge in [0.15, 0.2) is 0 Å². The highest BCUT2D eigenvalue weighted by molar-refractivity contribution is 5.54. The summed E-state index contributed by atoms with van der Waals surface area (Å²) in [4.78, 5) is 11.1. The first-order valence-corrected chi connectivity index (χ1v) is 3.33. The fourth-order valence-corrected chi connectivity index (χ4v) is 0.164. The second kappa shape index (κ2) is 20.3. The Labute approximate surface area is 91.8 Å². The van der Waals surface area contributed by atoms with E-state index in [1.54, 1.807) is 0 Å². The van der Waals surface area contributed by atoms with Gasteiger partial charge < -0.3 is 9.84 Å². The first-order chi connectivity index (χ1) is 7.62. The second-order valence-electron chi connectivity index (χ2n) is 1.56. The number of halogens is 7. The van der Waals surface area contributed by atoms with Crippen molar-refractivity contribution in [2.45, 2.75) is 6.18 Å². The molecule has 11 heteroatoms. The molecule has 0 heterocycles. The van der Waals surface area contributed by atoms with Gasteiger partial charge in [-0.2, -0.15) is 18.1 Å². The predicted molar refractivity (Wildman–Crippen MR) is 42.3 cm³/mol. The Balaban J connectivity index is -0.0000000726. The number of ether oxygens (including phenoxy) is 1. The van der Waals surface area contributed by atoms with Crippen LogP contribution in [0.2, 0.25) is 0 Å². The van der Waals surface area contributed by atoms with Gasteiger partial charge in [-0.25, -0.2) is 13.6 Å². The molecule has 0 fully saturated rings. The van der Waals surface area contributed by atoms with E-state index in [0.717, 1.165) is 14.2 Å². The van der Waals surface area contributed by atoms with Crippen molar-refractivity contribution in [3.05, 3.63) is 0 Å². The van der Waals surface area contributed by atoms with E-state index in [2.05, 4.69) is 9.68 Å². The topological polar surface area (TPSA) is 55.8 Å². The summed E-state index contributed by atoms with van der Waals surface area (Å²) >= 11 is 0. The molecule has 0 aromatic carbocycles. The molecule has 0 saturated carbocycles. The van der Waals surface area contributed by atoms with Gasteiger partial charge in [-0.05, 0) is 4.53 Å². The zero-order chi connectivity index (χ0) is 14.9. The minimum atomic E-state index is -4.17. The number of carboxylic acid groups (broad SMARTS) is 1. The normalized spacial score (nSPS) is 8.53. The molecule has 0 aromatic heterocycles. The Morgan fingerprint density at radius 1 is 1.24 bits per heavy atom. The molecular weight excluding hydrogens is 269 g/mol. The number of hydrogen-bond donors (Lipinski definition) is 1. The Morgan fingerprint density at radius 2 is 1.41 bits per heavy atom. The minimum absolute atomic E-state index is 0.958. The van der Waals surface area contributed by atoms with E-state index in [9.17, 15) is 30.9 Å². The van der Waals surface area contributed by atoms with Crippen molar-refractivity contribution in [1.29, 1.82) is 0 Å². The Bertz CT molecular complexity index is 135. The Kier molecular flexibility index (Phi) is 29.8. The summed E-state index contributed by atoms with van der Waals surface area (Å²) in [5, 5.41) is 6.75. The summed E-state index contributed by atoms with van der Waals surface area (Å²) < 4.78 is 75.5. The lowest BCUT2D eigenvalue weighted by Crippen LogP contribution is -2.14. The Hall–Kier alpha value is -1.10. The molecule has 108 valence electrons. The van der Waals surface area contributed by atoms with Gasteiger partial charge >= 0.3 is 12.4 Å². The molecule has 0 aromatic rings. The van der Waals surface area contributed by atoms with Gasteiger partial charge in [-0.15, -0.1) is 4.39 Å². The fourth-order valence-electron chi connectivity index (χ4n) is 0.164. The summed E-state index contributed by atoms with van der Waals surface area (Å²) in [6.07, 6.45) is -6.51. The summed E-state index contributed by atoms with van der Waals surface area (Å²) in [6, 6.07) is 0. The van der Waals surface area contributed by atoms with Crippen molar-refractivity contribution in [3.63, 3.8) is 0 Å². The van der Waals surface area contributed by atoms with Gasteiger partial charge in [0, 0.05) is 7.11 Å². The quantitative estimate of drug-likeness (QED) is 0.591. The van der Waals surface area contributed by atoms with Crippen LogP contribution < -0.4 is 0 Å². The van der Waals surface area contributed by atoms with Gasteiger partial charge in [0.05, 0.1) is 7.11 Å². The smallest absolute Gasteiger partial charge is 0.456 e. The van der Waals surface area contributed by atoms with Crippen LogP contribution in [0.4, 0.5) is 35.7 Å². The summed E-state index contributed by atoms with van der Waals surface area (Å²) in [5.74, 6) is 0. The highest BCUT2D eigenvalue weighted by Gasteiger charge is 2.26. The minimum Gasteiger partial charge on any atom is -0.456 e. The summed E-state index contributed by atoms with van der Waals surface area (Å²) in [6.45, 7) is -2.91. The molecule has 0 aliphatic rings. The van der Waals surface area contributed by atoms with Crippen molar-refractivity contribution in [2.75, 3.05) is 27.8 Å². The standard InChI is InChI=1S/C3H5F3O.CH2F2.CHFO2.CH3FO/c1-7-2-3(4,5)6;2-1-3;2-1(3)4;1-3-2/h2H2,1H3;1H2;(H,3,4);1H3. The molecule has 0 spiro atoms. The molecular formula is C6H11F7O4. The number of rotatable bonds is 1. The van der Waals surface area contributed by atoms with Crippen molar-refractivity contribution in [1.82, 2.24) is 0 Å². The average molecular weight is 280 g/mol. The summed E-state index contributed by atoms with van der Waals surface area (Å²) in [5.41, 5.74) is 0. The number of methoxy groups -OCH3 is 1. The molecule has 17 heavy (non-hydrogen) atoms. The highest BCUT2D eigenvalue weighted by atomic mass is 19.4. The van der Waals surface area contributed by atoms with Crippen LogP contribution in [0.15, 0.2) is 0 Å². The Morgan fingerprint density at radius 3 is 1.41 bits per heavy atom. The van der Waals surface area contributed by atoms with E-state index in [4.69, 9.17) is 9.90 Å². The molecule has 0 rings (SSSR count). The third-order valence-corrected chi connectivity index (χ3v) is 0.308. The van der Waals surface area contributed by atoms with Crippen LogP contribution in [0, 0.1) is 0 Å². The third kappa shape index (κ3) is 295. The van der Waals surface area contributed by atoms with Gasteiger partial charge in [-0.1, -0.05) is 0 Å². The second-order valence-corrected chi connectivity index (χ2v) is 1.56. The zero-order valence-corrected chi connectivity index (χ0v) is 8.73. The fraction of sp³-hybridized carbons (Fsp3) is 0.833. The van der Waals surface area contributed by atoms with Crippen molar-refractivity contribution in [3.8, 4) is 0 Å².